The van der Waals surface area contributed by atoms with Crippen LogP contribution in [-0.4, -0.2) is 16.1 Å². The van der Waals surface area contributed by atoms with Gasteiger partial charge in [0.25, 0.3) is 0 Å². The molecule has 0 radical (unpaired) electrons. The van der Waals surface area contributed by atoms with Gasteiger partial charge in [0.05, 0.1) is 5.01 Å². The summed E-state index contributed by atoms with van der Waals surface area (Å²) in [5.41, 5.74) is 2.90. The van der Waals surface area contributed by atoms with Crippen molar-refractivity contribution in [3.8, 4) is 0 Å². The lowest BCUT2D eigenvalue weighted by Crippen LogP contribution is -2.00. The van der Waals surface area contributed by atoms with Crippen molar-refractivity contribution in [3.63, 3.8) is 0 Å². The lowest BCUT2D eigenvalue weighted by Gasteiger charge is -2.02. The maximum Gasteiger partial charge on any atom is 0.355 e. The number of carbonyl (C=O) groups is 1. The van der Waals surface area contributed by atoms with Crippen LogP contribution in [0, 0.1) is 0 Å². The molecule has 3 rings (SSSR count). The van der Waals surface area contributed by atoms with Gasteiger partial charge in [0.2, 0.25) is 0 Å². The first kappa shape index (κ1) is 10.5. The number of fused-ring (bicyclic) bond motifs is 1. The molecule has 1 aromatic heterocycles. The number of rotatable bonds is 2. The maximum absolute atomic E-state index is 10.8. The molecule has 1 heterocycles. The second kappa shape index (κ2) is 3.96. The van der Waals surface area contributed by atoms with E-state index in [0.717, 1.165) is 17.8 Å². The van der Waals surface area contributed by atoms with Gasteiger partial charge in [-0.3, -0.25) is 0 Å². The molecule has 1 N–H and O–H groups in total. The number of nitrogens with zero attached hydrogens (tertiary/aromatic N) is 1. The highest BCUT2D eigenvalue weighted by Gasteiger charge is 2.25. The number of hydrogen-bond acceptors (Lipinski definition) is 3. The second-order valence-corrected chi connectivity index (χ2v) is 5.14. The Morgan fingerprint density at radius 1 is 1.29 bits per heavy atom. The molecule has 0 saturated carbocycles. The predicted molar refractivity (Wildman–Crippen MR) is 65.7 cm³/mol. The van der Waals surface area contributed by atoms with E-state index in [-0.39, 0.29) is 5.69 Å². The number of thiazole rings is 1. The summed E-state index contributed by atoms with van der Waals surface area (Å²) >= 11 is 1.45. The molecule has 3 nitrogen and oxygen atoms in total. The Bertz CT molecular complexity index is 551. The van der Waals surface area contributed by atoms with Gasteiger partial charge < -0.3 is 5.11 Å². The third kappa shape index (κ3) is 1.85. The zero-order valence-electron chi connectivity index (χ0n) is 9.09. The van der Waals surface area contributed by atoms with Crippen LogP contribution in [0.5, 0.6) is 0 Å². The third-order valence-corrected chi connectivity index (χ3v) is 4.15. The molecule has 0 atom stereocenters. The average molecular weight is 245 g/mol. The molecule has 17 heavy (non-hydrogen) atoms. The van der Waals surface area contributed by atoms with Gasteiger partial charge >= 0.3 is 5.97 Å². The molecule has 4 heteroatoms. The number of carboxylic acid groups (broad SMARTS) is 1. The van der Waals surface area contributed by atoms with Gasteiger partial charge in [0, 0.05) is 11.3 Å². The largest absolute Gasteiger partial charge is 0.476 e. The zero-order chi connectivity index (χ0) is 11.8. The highest BCUT2D eigenvalue weighted by atomic mass is 32.1. The summed E-state index contributed by atoms with van der Waals surface area (Å²) in [6.45, 7) is 0. The van der Waals surface area contributed by atoms with E-state index in [2.05, 4.69) is 17.1 Å². The van der Waals surface area contributed by atoms with Crippen molar-refractivity contribution in [2.45, 2.75) is 18.8 Å². The number of benzene rings is 1. The molecule has 0 amide bonds. The van der Waals surface area contributed by atoms with E-state index >= 15 is 0 Å². The number of hydrogen-bond donors (Lipinski definition) is 1. The number of aromatic nitrogens is 1. The average Bonchev–Trinajstić information content (AvgIpc) is 2.95. The predicted octanol–water partition coefficient (Wildman–Crippen LogP) is 2.72. The van der Waals surface area contributed by atoms with Crippen LogP contribution < -0.4 is 0 Å². The first-order chi connectivity index (χ1) is 8.24. The molecule has 2 aromatic rings. The Balaban J connectivity index is 1.86. The molecule has 0 aliphatic heterocycles. The van der Waals surface area contributed by atoms with Crippen LogP contribution >= 0.6 is 11.3 Å². The summed E-state index contributed by atoms with van der Waals surface area (Å²) < 4.78 is 0. The van der Waals surface area contributed by atoms with Crippen LogP contribution in [0.4, 0.5) is 0 Å². The minimum absolute atomic E-state index is 0.168. The topological polar surface area (TPSA) is 50.2 Å². The molecule has 0 spiro atoms. The van der Waals surface area contributed by atoms with Gasteiger partial charge in [-0.1, -0.05) is 24.3 Å². The van der Waals surface area contributed by atoms with Gasteiger partial charge in [-0.15, -0.1) is 11.3 Å². The standard InChI is InChI=1S/C13H11NO2S/c15-13(16)11-7-17-12(14-11)10-5-8-3-1-2-4-9(8)6-10/h1-4,7,10H,5-6H2,(H,15,16). The fourth-order valence-electron chi connectivity index (χ4n) is 2.31. The minimum Gasteiger partial charge on any atom is -0.476 e. The van der Waals surface area contributed by atoms with Gasteiger partial charge in [-0.05, 0) is 24.0 Å². The van der Waals surface area contributed by atoms with E-state index in [4.69, 9.17) is 5.11 Å². The van der Waals surface area contributed by atoms with Crippen LogP contribution in [0.2, 0.25) is 0 Å². The van der Waals surface area contributed by atoms with E-state index in [9.17, 15) is 4.79 Å². The highest BCUT2D eigenvalue weighted by molar-refractivity contribution is 7.09. The summed E-state index contributed by atoms with van der Waals surface area (Å²) in [5, 5.41) is 11.4. The van der Waals surface area contributed by atoms with Gasteiger partial charge in [0.15, 0.2) is 5.69 Å². The lowest BCUT2D eigenvalue weighted by molar-refractivity contribution is 0.0691. The quantitative estimate of drug-likeness (QED) is 0.885. The summed E-state index contributed by atoms with van der Waals surface area (Å²) in [6.07, 6.45) is 1.95. The molecule has 0 bridgehead atoms. The molecule has 1 aliphatic carbocycles. The van der Waals surface area contributed by atoms with Crippen molar-refractivity contribution < 1.29 is 9.90 Å². The van der Waals surface area contributed by atoms with Crippen LogP contribution in [-0.2, 0) is 12.8 Å². The van der Waals surface area contributed by atoms with Crippen molar-refractivity contribution in [2.75, 3.05) is 0 Å². The van der Waals surface area contributed by atoms with Gasteiger partial charge in [0.1, 0.15) is 0 Å². The van der Waals surface area contributed by atoms with E-state index in [1.807, 2.05) is 12.1 Å². The Hall–Kier alpha value is -1.68. The van der Waals surface area contributed by atoms with E-state index < -0.39 is 5.97 Å². The molecule has 1 aromatic carbocycles. The van der Waals surface area contributed by atoms with Crippen molar-refractivity contribution in [1.82, 2.24) is 4.98 Å². The smallest absolute Gasteiger partial charge is 0.355 e. The molecule has 86 valence electrons. The minimum atomic E-state index is -0.942. The zero-order valence-corrected chi connectivity index (χ0v) is 9.91. The van der Waals surface area contributed by atoms with Gasteiger partial charge in [-0.25, -0.2) is 9.78 Å². The molecular weight excluding hydrogens is 234 g/mol. The molecule has 0 saturated heterocycles. The van der Waals surface area contributed by atoms with Crippen molar-refractivity contribution in [2.24, 2.45) is 0 Å². The third-order valence-electron chi connectivity index (χ3n) is 3.14. The highest BCUT2D eigenvalue weighted by Crippen LogP contribution is 2.35. The normalized spacial score (nSPS) is 14.8. The van der Waals surface area contributed by atoms with E-state index in [0.29, 0.717) is 5.92 Å². The Morgan fingerprint density at radius 3 is 2.47 bits per heavy atom. The van der Waals surface area contributed by atoms with Crippen LogP contribution in [0.25, 0.3) is 0 Å². The number of aromatic carboxylic acids is 1. The summed E-state index contributed by atoms with van der Waals surface area (Å²) in [4.78, 5) is 15.0. The van der Waals surface area contributed by atoms with E-state index in [1.165, 1.54) is 22.5 Å². The summed E-state index contributed by atoms with van der Waals surface area (Å²) in [5.74, 6) is -0.589. The molecule has 0 fully saturated rings. The Kier molecular flexibility index (Phi) is 2.44. The van der Waals surface area contributed by atoms with Crippen LogP contribution in [0.3, 0.4) is 0 Å². The molecule has 0 unspecified atom stereocenters. The second-order valence-electron chi connectivity index (χ2n) is 4.25. The fourth-order valence-corrected chi connectivity index (χ4v) is 3.20. The Morgan fingerprint density at radius 2 is 1.94 bits per heavy atom. The van der Waals surface area contributed by atoms with E-state index in [1.54, 1.807) is 5.38 Å². The first-order valence-corrected chi connectivity index (χ1v) is 6.37. The molecular formula is C13H11NO2S. The van der Waals surface area contributed by atoms with Crippen LogP contribution in [0.15, 0.2) is 29.6 Å². The number of carboxylic acids is 1. The monoisotopic (exact) mass is 245 g/mol. The summed E-state index contributed by atoms with van der Waals surface area (Å²) in [6, 6.07) is 8.37. The maximum atomic E-state index is 10.8. The van der Waals surface area contributed by atoms with Crippen molar-refractivity contribution in [1.29, 1.82) is 0 Å². The van der Waals surface area contributed by atoms with Crippen LogP contribution in [0.1, 0.15) is 32.5 Å². The molecule has 1 aliphatic rings. The Labute approximate surface area is 103 Å². The van der Waals surface area contributed by atoms with Crippen molar-refractivity contribution >= 4 is 17.3 Å². The summed E-state index contributed by atoms with van der Waals surface area (Å²) in [7, 11) is 0. The van der Waals surface area contributed by atoms with Gasteiger partial charge in [-0.2, -0.15) is 0 Å². The fraction of sp³-hybridized carbons (Fsp3) is 0.231. The lowest BCUT2D eigenvalue weighted by atomic mass is 10.1. The first-order valence-electron chi connectivity index (χ1n) is 5.49. The van der Waals surface area contributed by atoms with Crippen molar-refractivity contribution in [3.05, 3.63) is 51.5 Å². The SMILES string of the molecule is O=C(O)c1csc(C2Cc3ccccc3C2)n1.